The molecule has 0 N–H and O–H groups in total. The fourth-order valence-corrected chi connectivity index (χ4v) is 6.58. The van der Waals surface area contributed by atoms with Crippen molar-refractivity contribution >= 4 is 8.32 Å². The summed E-state index contributed by atoms with van der Waals surface area (Å²) >= 11 is 2.28. The molecule has 1 unspecified atom stereocenters. The van der Waals surface area contributed by atoms with E-state index in [1.807, 2.05) is 0 Å². The number of halogens is 2. The van der Waals surface area contributed by atoms with Gasteiger partial charge in [-0.3, -0.25) is 0 Å². The minimum atomic E-state index is -1.76. The minimum absolute atomic E-state index is 0. The fraction of sp³-hybridized carbons (Fsp3) is 0.636. The van der Waals surface area contributed by atoms with Gasteiger partial charge < -0.3 is 24.8 Å². The van der Waals surface area contributed by atoms with Crippen LogP contribution in [0.4, 0.5) is 0 Å². The van der Waals surface area contributed by atoms with E-state index >= 15 is 0 Å². The Bertz CT molecular complexity index is 675. The van der Waals surface area contributed by atoms with Crippen molar-refractivity contribution in [2.24, 2.45) is 10.8 Å². The summed E-state index contributed by atoms with van der Waals surface area (Å²) in [6.07, 6.45) is 11.5. The van der Waals surface area contributed by atoms with Crippen LogP contribution in [0.25, 0.3) is 0 Å². The van der Waals surface area contributed by atoms with Gasteiger partial charge in [-0.2, -0.15) is 0 Å². The van der Waals surface area contributed by atoms with Gasteiger partial charge in [0.1, 0.15) is 0 Å². The molecule has 2 rings (SSSR count). The van der Waals surface area contributed by atoms with E-state index in [4.69, 9.17) is 4.43 Å². The smallest absolute Gasteiger partial charge is 1.00 e. The summed E-state index contributed by atoms with van der Waals surface area (Å²) in [5.41, 5.74) is 4.01. The third-order valence-electron chi connectivity index (χ3n) is 5.42. The zero-order valence-corrected chi connectivity index (χ0v) is 22.5. The summed E-state index contributed by atoms with van der Waals surface area (Å²) in [5, 5.41) is 0. The maximum absolute atomic E-state index is 7.14. The van der Waals surface area contributed by atoms with Crippen LogP contribution in [0.15, 0.2) is 44.9 Å². The first kappa shape index (κ1) is 27.4. The molecule has 2 aliphatic rings. The van der Waals surface area contributed by atoms with E-state index in [2.05, 4.69) is 106 Å². The van der Waals surface area contributed by atoms with Gasteiger partial charge in [0.15, 0.2) is 0 Å². The van der Waals surface area contributed by atoms with Crippen LogP contribution in [0, 0.1) is 10.8 Å². The van der Waals surface area contributed by atoms with Gasteiger partial charge in [-0.1, -0.05) is 0 Å². The topological polar surface area (TPSA) is 9.23 Å². The molecular formula is C22H35Cl2OSiTi. The van der Waals surface area contributed by atoms with Gasteiger partial charge >= 0.3 is 169 Å². The van der Waals surface area contributed by atoms with Gasteiger partial charge in [0.25, 0.3) is 0 Å². The normalized spacial score (nSPS) is 23.5. The van der Waals surface area contributed by atoms with Crippen molar-refractivity contribution < 1.29 is 49.7 Å². The van der Waals surface area contributed by atoms with Crippen LogP contribution in [0.2, 0.25) is 19.6 Å². The third kappa shape index (κ3) is 5.53. The van der Waals surface area contributed by atoms with Crippen molar-refractivity contribution in [3.8, 4) is 0 Å². The van der Waals surface area contributed by atoms with Gasteiger partial charge in [0, 0.05) is 0 Å². The average molecular weight is 462 g/mol. The predicted molar refractivity (Wildman–Crippen MR) is 108 cm³/mol. The van der Waals surface area contributed by atoms with Crippen LogP contribution in [-0.2, 0) is 24.9 Å². The van der Waals surface area contributed by atoms with Gasteiger partial charge in [0.05, 0.1) is 0 Å². The number of hydrogen-bond donors (Lipinski definition) is 0. The molecule has 0 saturated carbocycles. The predicted octanol–water partition coefficient (Wildman–Crippen LogP) is 0.694. The molecule has 0 aromatic rings. The van der Waals surface area contributed by atoms with Crippen molar-refractivity contribution in [3.05, 3.63) is 44.9 Å². The van der Waals surface area contributed by atoms with Crippen LogP contribution in [-0.4, -0.2) is 13.9 Å². The molecule has 0 amide bonds. The molecule has 0 saturated heterocycles. The second-order valence-corrected chi connectivity index (χ2v) is 15.5. The zero-order valence-electron chi connectivity index (χ0n) is 18.4. The molecule has 2 aliphatic carbocycles. The Morgan fingerprint density at radius 3 is 2.04 bits per heavy atom. The molecular weight excluding hydrogens is 427 g/mol. The molecule has 0 bridgehead atoms. The molecule has 0 aromatic carbocycles. The summed E-state index contributed by atoms with van der Waals surface area (Å²) in [5.74, 6) is 0. The monoisotopic (exact) mass is 461 g/mol. The average Bonchev–Trinajstić information content (AvgIpc) is 2.85. The summed E-state index contributed by atoms with van der Waals surface area (Å²) in [6, 6.07) is 0. The van der Waals surface area contributed by atoms with Crippen LogP contribution in [0.5, 0.6) is 0 Å². The van der Waals surface area contributed by atoms with Crippen LogP contribution >= 0.6 is 0 Å². The van der Waals surface area contributed by atoms with E-state index < -0.39 is 8.32 Å². The van der Waals surface area contributed by atoms with Gasteiger partial charge in [-0.05, 0) is 0 Å². The fourth-order valence-electron chi connectivity index (χ4n) is 4.29. The van der Waals surface area contributed by atoms with Crippen LogP contribution < -0.4 is 24.8 Å². The summed E-state index contributed by atoms with van der Waals surface area (Å²) in [7, 11) is -1.76. The molecule has 5 heteroatoms. The molecule has 1 nitrogen and oxygen atoms in total. The van der Waals surface area contributed by atoms with E-state index in [0.717, 1.165) is 12.8 Å². The van der Waals surface area contributed by atoms with Gasteiger partial charge in [0.2, 0.25) is 0 Å². The van der Waals surface area contributed by atoms with Gasteiger partial charge in [-0.25, -0.2) is 0 Å². The van der Waals surface area contributed by atoms with E-state index in [1.54, 1.807) is 0 Å². The first-order valence-electron chi connectivity index (χ1n) is 9.42. The van der Waals surface area contributed by atoms with Crippen LogP contribution in [0.3, 0.4) is 0 Å². The molecule has 0 aliphatic heterocycles. The number of rotatable bonds is 4. The summed E-state index contributed by atoms with van der Waals surface area (Å²) in [4.78, 5) is 0. The Morgan fingerprint density at radius 1 is 1.07 bits per heavy atom. The van der Waals surface area contributed by atoms with E-state index in [1.165, 1.54) is 20.6 Å². The molecule has 0 fully saturated rings. The Kier molecular flexibility index (Phi) is 9.21. The first-order chi connectivity index (χ1) is 11.2. The van der Waals surface area contributed by atoms with Gasteiger partial charge in [-0.15, -0.1) is 0 Å². The Morgan fingerprint density at radius 2 is 1.63 bits per heavy atom. The maximum atomic E-state index is 7.14. The molecule has 0 heterocycles. The second kappa shape index (κ2) is 9.06. The molecule has 0 aromatic heterocycles. The van der Waals surface area contributed by atoms with E-state index in [9.17, 15) is 0 Å². The zero-order chi connectivity index (χ0) is 19.3. The van der Waals surface area contributed by atoms with Crippen molar-refractivity contribution in [2.75, 3.05) is 0 Å². The summed E-state index contributed by atoms with van der Waals surface area (Å²) in [6.45, 7) is 21.0. The molecule has 151 valence electrons. The Hall–Kier alpha value is 0.431. The SMILES string of the molecule is CC1=CCC(O[Si](C)(C)C)(C(C)(C)C2=[C]([Ti+2])CC=C2)C(C(C)(C)C)=C1.[Cl-].[Cl-]. The van der Waals surface area contributed by atoms with Crippen molar-refractivity contribution in [1.29, 1.82) is 0 Å². The largest absolute Gasteiger partial charge is 1.00 e. The maximum Gasteiger partial charge on any atom is -1.00 e. The van der Waals surface area contributed by atoms with Crippen molar-refractivity contribution in [1.82, 2.24) is 0 Å². The standard InChI is InChI=1S/C22H35OSi.2ClH.Ti/c1-17-14-15-22(23-24(7,8)9,19(16-17)20(2,3)4)21(5,6)18-12-10-11-13-18;;;/h10,12,14,16H,11,15H2,1-9H3;2*1H;/q;;;+2/p-2. The number of hydrogen-bond acceptors (Lipinski definition) is 1. The molecule has 1 atom stereocenters. The second-order valence-electron chi connectivity index (χ2n) is 10.1. The molecule has 27 heavy (non-hydrogen) atoms. The quantitative estimate of drug-likeness (QED) is 0.559. The number of allylic oxidation sites excluding steroid dienone is 5. The van der Waals surface area contributed by atoms with Crippen molar-refractivity contribution in [2.45, 2.75) is 79.6 Å². The Balaban J connectivity index is 0.00000338. The van der Waals surface area contributed by atoms with E-state index in [0.29, 0.717) is 0 Å². The van der Waals surface area contributed by atoms with Crippen molar-refractivity contribution in [3.63, 3.8) is 0 Å². The van der Waals surface area contributed by atoms with Crippen LogP contribution in [0.1, 0.15) is 54.4 Å². The third-order valence-corrected chi connectivity index (χ3v) is 7.12. The Labute approximate surface area is 192 Å². The first-order valence-corrected chi connectivity index (χ1v) is 13.6. The molecule has 0 radical (unpaired) electrons. The minimum Gasteiger partial charge on any atom is -1.00 e. The van der Waals surface area contributed by atoms with E-state index in [-0.39, 0.29) is 41.2 Å². The summed E-state index contributed by atoms with van der Waals surface area (Å²) < 4.78 is 8.63. The molecule has 0 spiro atoms.